The van der Waals surface area contributed by atoms with E-state index in [0.717, 1.165) is 38.9 Å². The molecule has 5 aromatic rings. The number of aliphatic hydroxyl groups excluding tert-OH is 1. The molecule has 5 aromatic carbocycles. The molecule has 1 aliphatic rings. The first-order valence-electron chi connectivity index (χ1n) is 15.7. The maximum Gasteiger partial charge on any atom is 0.407 e. The predicted molar refractivity (Wildman–Crippen MR) is 182 cm³/mol. The number of hydrogen-bond acceptors (Lipinski definition) is 6. The molecule has 0 unspecified atom stereocenters. The molecule has 0 aliphatic heterocycles. The molecular weight excluding hydrogens is 590 g/mol. The number of amides is 1. The lowest BCUT2D eigenvalue weighted by Gasteiger charge is -2.37. The molecule has 0 fully saturated rings. The van der Waals surface area contributed by atoms with Gasteiger partial charge in [-0.1, -0.05) is 103 Å². The van der Waals surface area contributed by atoms with Crippen LogP contribution in [-0.2, 0) is 15.1 Å². The summed E-state index contributed by atoms with van der Waals surface area (Å²) in [6.45, 7) is 1.77. The molecule has 240 valence electrons. The Labute approximate surface area is 275 Å². The minimum absolute atomic E-state index is 0.0190. The van der Waals surface area contributed by atoms with E-state index in [-0.39, 0.29) is 19.1 Å². The fraction of sp³-hybridized carbons (Fsp3) is 0.225. The molecule has 7 heteroatoms. The van der Waals surface area contributed by atoms with E-state index >= 15 is 0 Å². The highest BCUT2D eigenvalue weighted by Gasteiger charge is 2.39. The van der Waals surface area contributed by atoms with E-state index < -0.39 is 23.8 Å². The van der Waals surface area contributed by atoms with Crippen molar-refractivity contribution < 1.29 is 28.8 Å². The van der Waals surface area contributed by atoms with E-state index in [1.54, 1.807) is 21.1 Å². The molecule has 2 atom stereocenters. The zero-order chi connectivity index (χ0) is 32.8. The maximum absolute atomic E-state index is 13.3. The van der Waals surface area contributed by atoms with Gasteiger partial charge in [-0.15, -0.1) is 0 Å². The zero-order valence-corrected chi connectivity index (χ0v) is 26.8. The summed E-state index contributed by atoms with van der Waals surface area (Å²) in [7, 11) is 3.25. The number of alkyl carbamates (subject to hydrolysis) is 1. The van der Waals surface area contributed by atoms with Gasteiger partial charge in [0.2, 0.25) is 0 Å². The van der Waals surface area contributed by atoms with Crippen molar-refractivity contribution in [3.8, 4) is 22.6 Å². The lowest BCUT2D eigenvalue weighted by Crippen LogP contribution is -2.48. The van der Waals surface area contributed by atoms with Crippen LogP contribution in [0.15, 0.2) is 127 Å². The highest BCUT2D eigenvalue weighted by atomic mass is 16.6. The third kappa shape index (κ3) is 6.45. The van der Waals surface area contributed by atoms with Gasteiger partial charge >= 0.3 is 6.09 Å². The number of nitrogens with one attached hydrogen (secondary N) is 1. The second-order valence-electron chi connectivity index (χ2n) is 11.6. The summed E-state index contributed by atoms with van der Waals surface area (Å²) in [5.74, 6) is 1.35. The molecule has 1 aliphatic carbocycles. The van der Waals surface area contributed by atoms with Crippen LogP contribution >= 0.6 is 0 Å². The largest absolute Gasteiger partial charge is 0.497 e. The van der Waals surface area contributed by atoms with Gasteiger partial charge in [-0.25, -0.2) is 4.79 Å². The molecule has 0 radical (unpaired) electrons. The Morgan fingerprint density at radius 2 is 1.17 bits per heavy atom. The van der Waals surface area contributed by atoms with Gasteiger partial charge in [-0.2, -0.15) is 0 Å². The first-order chi connectivity index (χ1) is 22.9. The summed E-state index contributed by atoms with van der Waals surface area (Å²) >= 11 is 0. The first kappa shape index (κ1) is 31.9. The van der Waals surface area contributed by atoms with Gasteiger partial charge in [0.25, 0.3) is 0 Å². The van der Waals surface area contributed by atoms with Crippen LogP contribution in [0, 0.1) is 0 Å². The highest BCUT2D eigenvalue weighted by Crippen LogP contribution is 2.45. The number of fused-ring (bicyclic) bond motifs is 3. The van der Waals surface area contributed by atoms with Crippen LogP contribution in [0.4, 0.5) is 4.79 Å². The topological polar surface area (TPSA) is 86.3 Å². The molecule has 0 saturated heterocycles. The summed E-state index contributed by atoms with van der Waals surface area (Å²) in [5, 5.41) is 13.7. The average Bonchev–Trinajstić information content (AvgIpc) is 3.44. The molecule has 2 N–H and O–H groups in total. The van der Waals surface area contributed by atoms with Crippen LogP contribution in [0.2, 0.25) is 0 Å². The number of methoxy groups -OCH3 is 2. The molecule has 0 heterocycles. The highest BCUT2D eigenvalue weighted by molar-refractivity contribution is 5.79. The van der Waals surface area contributed by atoms with Crippen molar-refractivity contribution in [2.45, 2.75) is 30.6 Å². The normalized spacial score (nSPS) is 13.6. The molecule has 0 saturated carbocycles. The second kappa shape index (κ2) is 14.1. The van der Waals surface area contributed by atoms with Crippen molar-refractivity contribution >= 4 is 6.09 Å². The predicted octanol–water partition coefficient (Wildman–Crippen LogP) is 7.30. The van der Waals surface area contributed by atoms with Crippen LogP contribution in [0.3, 0.4) is 0 Å². The van der Waals surface area contributed by atoms with Crippen molar-refractivity contribution in [2.75, 3.05) is 27.4 Å². The number of benzene rings is 5. The summed E-state index contributed by atoms with van der Waals surface area (Å²) in [6, 6.07) is 40.9. The number of rotatable bonds is 12. The minimum atomic E-state index is -1.10. The molecular formula is C40H39NO6. The van der Waals surface area contributed by atoms with Gasteiger partial charge in [-0.3, -0.25) is 0 Å². The van der Waals surface area contributed by atoms with Gasteiger partial charge in [0, 0.05) is 5.92 Å². The van der Waals surface area contributed by atoms with Crippen LogP contribution < -0.4 is 14.8 Å². The summed E-state index contributed by atoms with van der Waals surface area (Å²) < 4.78 is 23.6. The third-order valence-electron chi connectivity index (χ3n) is 8.88. The molecule has 0 aromatic heterocycles. The van der Waals surface area contributed by atoms with Crippen molar-refractivity contribution in [3.63, 3.8) is 0 Å². The van der Waals surface area contributed by atoms with E-state index in [0.29, 0.717) is 11.5 Å². The van der Waals surface area contributed by atoms with Crippen LogP contribution in [-0.4, -0.2) is 50.8 Å². The monoisotopic (exact) mass is 629 g/mol. The van der Waals surface area contributed by atoms with E-state index in [1.807, 2.05) is 103 Å². The van der Waals surface area contributed by atoms with Crippen LogP contribution in [0.25, 0.3) is 11.1 Å². The van der Waals surface area contributed by atoms with E-state index in [1.165, 1.54) is 0 Å². The standard InChI is InChI=1S/C40H39NO6/c1-27(42)38(41-39(43)46-25-37-35-15-9-7-13-33(35)34-14-8-10-16-36(34)37)26-47-40(28-11-5-4-6-12-28,29-17-21-31(44-2)22-18-29)30-19-23-32(45-3)24-20-30/h4-24,27,37-38,42H,25-26H2,1-3H3,(H,41,43)/t27-,38+/m1/s1. The lowest BCUT2D eigenvalue weighted by molar-refractivity contribution is -0.0207. The van der Waals surface area contributed by atoms with E-state index in [2.05, 4.69) is 29.6 Å². The number of carbonyl (C=O) groups excluding carboxylic acids is 1. The molecule has 0 spiro atoms. The fourth-order valence-electron chi connectivity index (χ4n) is 6.38. The SMILES string of the molecule is COc1ccc(C(OC[C@H](NC(=O)OCC2c3ccccc3-c3ccccc32)[C@@H](C)O)(c2ccccc2)c2ccc(OC)cc2)cc1. The van der Waals surface area contributed by atoms with Crippen molar-refractivity contribution in [3.05, 3.63) is 155 Å². The number of aliphatic hydroxyl groups is 1. The van der Waals surface area contributed by atoms with Gasteiger partial charge in [0.05, 0.1) is 33.0 Å². The Morgan fingerprint density at radius 1 is 0.702 bits per heavy atom. The Balaban J connectivity index is 1.26. The quantitative estimate of drug-likeness (QED) is 0.141. The molecule has 7 nitrogen and oxygen atoms in total. The summed E-state index contributed by atoms with van der Waals surface area (Å²) in [5.41, 5.74) is 6.03. The molecule has 6 rings (SSSR count). The van der Waals surface area contributed by atoms with Crippen molar-refractivity contribution in [2.24, 2.45) is 0 Å². The smallest absolute Gasteiger partial charge is 0.407 e. The Kier molecular flexibility index (Phi) is 9.57. The molecule has 47 heavy (non-hydrogen) atoms. The van der Waals surface area contributed by atoms with E-state index in [4.69, 9.17) is 18.9 Å². The molecule has 0 bridgehead atoms. The van der Waals surface area contributed by atoms with Gasteiger partial charge in [-0.05, 0) is 70.1 Å². The average molecular weight is 630 g/mol. The number of ether oxygens (including phenoxy) is 4. The van der Waals surface area contributed by atoms with Crippen molar-refractivity contribution in [1.82, 2.24) is 5.32 Å². The molecule has 1 amide bonds. The Morgan fingerprint density at radius 3 is 1.66 bits per heavy atom. The van der Waals surface area contributed by atoms with Gasteiger partial charge in [0.15, 0.2) is 0 Å². The van der Waals surface area contributed by atoms with Gasteiger partial charge in [0.1, 0.15) is 23.7 Å². The van der Waals surface area contributed by atoms with Crippen LogP contribution in [0.5, 0.6) is 11.5 Å². The van der Waals surface area contributed by atoms with Crippen molar-refractivity contribution in [1.29, 1.82) is 0 Å². The fourth-order valence-corrected chi connectivity index (χ4v) is 6.38. The first-order valence-corrected chi connectivity index (χ1v) is 15.7. The van der Waals surface area contributed by atoms with Gasteiger partial charge < -0.3 is 29.4 Å². The maximum atomic E-state index is 13.3. The minimum Gasteiger partial charge on any atom is -0.497 e. The second-order valence-corrected chi connectivity index (χ2v) is 11.6. The summed E-state index contributed by atoms with van der Waals surface area (Å²) in [4.78, 5) is 13.3. The van der Waals surface area contributed by atoms with Crippen LogP contribution in [0.1, 0.15) is 40.7 Å². The summed E-state index contributed by atoms with van der Waals surface area (Å²) in [6.07, 6.45) is -1.56. The third-order valence-corrected chi connectivity index (χ3v) is 8.88. The Hall–Kier alpha value is -5.11. The Bertz CT molecular complexity index is 1690. The van der Waals surface area contributed by atoms with E-state index in [9.17, 15) is 9.90 Å². The zero-order valence-electron chi connectivity index (χ0n) is 26.8. The number of hydrogen-bond donors (Lipinski definition) is 2. The number of carbonyl (C=O) groups is 1. The lowest BCUT2D eigenvalue weighted by atomic mass is 9.80.